The van der Waals surface area contributed by atoms with Crippen molar-refractivity contribution < 1.29 is 0 Å². The fourth-order valence-corrected chi connectivity index (χ4v) is 4.33. The van der Waals surface area contributed by atoms with Crippen molar-refractivity contribution in [3.8, 4) is 0 Å². The molecule has 2 rings (SSSR count). The van der Waals surface area contributed by atoms with Gasteiger partial charge in [0.2, 0.25) is 0 Å². The highest BCUT2D eigenvalue weighted by molar-refractivity contribution is 7.80. The highest BCUT2D eigenvalue weighted by Crippen LogP contribution is 2.17. The Balaban J connectivity index is 1.43. The summed E-state index contributed by atoms with van der Waals surface area (Å²) in [6.07, 6.45) is 16.7. The van der Waals surface area contributed by atoms with Crippen molar-refractivity contribution in [2.45, 2.75) is 95.6 Å². The summed E-state index contributed by atoms with van der Waals surface area (Å²) in [7, 11) is 0. The Labute approximate surface area is 164 Å². The van der Waals surface area contributed by atoms with Crippen molar-refractivity contribution in [3.63, 3.8) is 0 Å². The van der Waals surface area contributed by atoms with Crippen LogP contribution in [0.1, 0.15) is 83.5 Å². The van der Waals surface area contributed by atoms with Crippen LogP contribution in [0.3, 0.4) is 0 Å². The van der Waals surface area contributed by atoms with E-state index in [2.05, 4.69) is 21.3 Å². The minimum atomic E-state index is 0.576. The number of thiocarbonyl (C=S) groups is 2. The van der Waals surface area contributed by atoms with Gasteiger partial charge in [-0.15, -0.1) is 0 Å². The van der Waals surface area contributed by atoms with E-state index >= 15 is 0 Å². The van der Waals surface area contributed by atoms with E-state index in [0.717, 1.165) is 36.2 Å². The molecule has 0 bridgehead atoms. The van der Waals surface area contributed by atoms with E-state index in [1.54, 1.807) is 0 Å². The first-order valence-electron chi connectivity index (χ1n) is 10.3. The fourth-order valence-electron chi connectivity index (χ4n) is 3.80. The zero-order valence-electron chi connectivity index (χ0n) is 15.6. The Morgan fingerprint density at radius 3 is 1.36 bits per heavy atom. The number of hydrogen-bond donors (Lipinski definition) is 4. The third-order valence-corrected chi connectivity index (χ3v) is 5.83. The predicted octanol–water partition coefficient (Wildman–Crippen LogP) is 3.75. The van der Waals surface area contributed by atoms with Gasteiger partial charge < -0.3 is 21.3 Å². The Morgan fingerprint density at radius 1 is 0.600 bits per heavy atom. The molecule has 144 valence electrons. The molecule has 2 saturated carbocycles. The van der Waals surface area contributed by atoms with Gasteiger partial charge in [-0.1, -0.05) is 44.9 Å². The Hall–Kier alpha value is -0.620. The van der Waals surface area contributed by atoms with E-state index in [-0.39, 0.29) is 0 Å². The van der Waals surface area contributed by atoms with Crippen LogP contribution in [0.25, 0.3) is 0 Å². The van der Waals surface area contributed by atoms with Gasteiger partial charge in [0, 0.05) is 25.2 Å². The van der Waals surface area contributed by atoms with Crippen LogP contribution < -0.4 is 21.3 Å². The molecule has 0 unspecified atom stereocenters. The van der Waals surface area contributed by atoms with Gasteiger partial charge in [-0.2, -0.15) is 0 Å². The lowest BCUT2D eigenvalue weighted by Gasteiger charge is -2.24. The second kappa shape index (κ2) is 12.7. The molecule has 0 aromatic carbocycles. The van der Waals surface area contributed by atoms with Crippen LogP contribution in [-0.4, -0.2) is 35.4 Å². The van der Waals surface area contributed by atoms with Gasteiger partial charge in [-0.3, -0.25) is 0 Å². The molecule has 0 aromatic rings. The Morgan fingerprint density at radius 2 is 0.960 bits per heavy atom. The third-order valence-electron chi connectivity index (χ3n) is 5.31. The van der Waals surface area contributed by atoms with Crippen molar-refractivity contribution in [2.24, 2.45) is 0 Å². The van der Waals surface area contributed by atoms with Crippen molar-refractivity contribution in [1.82, 2.24) is 21.3 Å². The van der Waals surface area contributed by atoms with Gasteiger partial charge in [-0.05, 0) is 63.0 Å². The highest BCUT2D eigenvalue weighted by Gasteiger charge is 2.14. The van der Waals surface area contributed by atoms with Crippen LogP contribution >= 0.6 is 24.4 Å². The Kier molecular flexibility index (Phi) is 10.5. The molecule has 2 aliphatic carbocycles. The van der Waals surface area contributed by atoms with Crippen LogP contribution in [0.4, 0.5) is 0 Å². The summed E-state index contributed by atoms with van der Waals surface area (Å²) in [6, 6.07) is 1.16. The molecule has 0 saturated heterocycles. The van der Waals surface area contributed by atoms with Crippen molar-refractivity contribution in [1.29, 1.82) is 0 Å². The van der Waals surface area contributed by atoms with Gasteiger partial charge in [0.1, 0.15) is 0 Å². The number of hydrogen-bond acceptors (Lipinski definition) is 2. The van der Waals surface area contributed by atoms with Gasteiger partial charge in [0.05, 0.1) is 0 Å². The lowest BCUT2D eigenvalue weighted by molar-refractivity contribution is 0.412. The second-order valence-electron chi connectivity index (χ2n) is 7.53. The molecule has 0 amide bonds. The molecule has 0 aromatic heterocycles. The normalized spacial score (nSPS) is 19.7. The number of nitrogens with one attached hydrogen (secondary N) is 4. The van der Waals surface area contributed by atoms with Crippen molar-refractivity contribution in [2.75, 3.05) is 13.1 Å². The maximum atomic E-state index is 5.42. The SMILES string of the molecule is S=C(NCCCCNC(=S)NC1CCCCC1)NC1CCCCCC1. The van der Waals surface area contributed by atoms with E-state index < -0.39 is 0 Å². The summed E-state index contributed by atoms with van der Waals surface area (Å²) in [6.45, 7) is 1.87. The lowest BCUT2D eigenvalue weighted by Crippen LogP contribution is -2.43. The maximum Gasteiger partial charge on any atom is 0.166 e. The average Bonchev–Trinajstić information content (AvgIpc) is 2.87. The van der Waals surface area contributed by atoms with Crippen LogP contribution in [0.15, 0.2) is 0 Å². The number of rotatable bonds is 7. The summed E-state index contributed by atoms with van der Waals surface area (Å²) in [5, 5.41) is 15.3. The standard InChI is InChI=1S/C19H36N4S2/c24-18(22-16-10-4-1-2-5-11-16)20-14-8-9-15-21-19(25)23-17-12-6-3-7-13-17/h16-17H,1-15H2,(H2,20,22,24)(H2,21,23,25). The zero-order valence-corrected chi connectivity index (χ0v) is 17.2. The quantitative estimate of drug-likeness (QED) is 0.305. The van der Waals surface area contributed by atoms with Gasteiger partial charge in [0.25, 0.3) is 0 Å². The van der Waals surface area contributed by atoms with E-state index in [4.69, 9.17) is 24.4 Å². The molecule has 0 heterocycles. The predicted molar refractivity (Wildman–Crippen MR) is 115 cm³/mol. The van der Waals surface area contributed by atoms with E-state index in [1.807, 2.05) is 0 Å². The molecular formula is C19H36N4S2. The summed E-state index contributed by atoms with van der Waals surface area (Å²) in [4.78, 5) is 0. The van der Waals surface area contributed by atoms with Gasteiger partial charge >= 0.3 is 0 Å². The van der Waals surface area contributed by atoms with Gasteiger partial charge in [-0.25, -0.2) is 0 Å². The largest absolute Gasteiger partial charge is 0.363 e. The lowest BCUT2D eigenvalue weighted by atomic mass is 9.96. The molecule has 4 N–H and O–H groups in total. The third kappa shape index (κ3) is 9.59. The first-order chi connectivity index (χ1) is 12.2. The molecule has 2 aliphatic rings. The fraction of sp³-hybridized carbons (Fsp3) is 0.895. The summed E-state index contributed by atoms with van der Waals surface area (Å²) < 4.78 is 0. The first-order valence-corrected chi connectivity index (χ1v) is 11.1. The summed E-state index contributed by atoms with van der Waals surface area (Å²) in [5.41, 5.74) is 0. The van der Waals surface area contributed by atoms with Crippen molar-refractivity contribution in [3.05, 3.63) is 0 Å². The van der Waals surface area contributed by atoms with Gasteiger partial charge in [0.15, 0.2) is 10.2 Å². The minimum absolute atomic E-state index is 0.576. The summed E-state index contributed by atoms with van der Waals surface area (Å²) in [5.74, 6) is 0. The molecule has 0 spiro atoms. The Bertz CT molecular complexity index is 389. The molecule has 6 heteroatoms. The minimum Gasteiger partial charge on any atom is -0.363 e. The zero-order chi connectivity index (χ0) is 17.7. The van der Waals surface area contributed by atoms with E-state index in [1.165, 1.54) is 70.6 Å². The van der Waals surface area contributed by atoms with Crippen molar-refractivity contribution >= 4 is 34.7 Å². The maximum absolute atomic E-state index is 5.42. The molecule has 0 aliphatic heterocycles. The van der Waals surface area contributed by atoms with E-state index in [0.29, 0.717) is 12.1 Å². The second-order valence-corrected chi connectivity index (χ2v) is 8.35. The molecule has 25 heavy (non-hydrogen) atoms. The van der Waals surface area contributed by atoms with E-state index in [9.17, 15) is 0 Å². The molecule has 4 nitrogen and oxygen atoms in total. The average molecular weight is 385 g/mol. The summed E-state index contributed by atoms with van der Waals surface area (Å²) >= 11 is 10.8. The van der Waals surface area contributed by atoms with Crippen LogP contribution in [0.2, 0.25) is 0 Å². The molecular weight excluding hydrogens is 348 g/mol. The van der Waals surface area contributed by atoms with Crippen LogP contribution in [0.5, 0.6) is 0 Å². The topological polar surface area (TPSA) is 48.1 Å². The molecule has 2 fully saturated rings. The smallest absolute Gasteiger partial charge is 0.166 e. The molecule has 0 atom stereocenters. The first kappa shape index (κ1) is 20.7. The van der Waals surface area contributed by atoms with Crippen LogP contribution in [0, 0.1) is 0 Å². The van der Waals surface area contributed by atoms with Crippen LogP contribution in [-0.2, 0) is 0 Å². The highest BCUT2D eigenvalue weighted by atomic mass is 32.1. The number of unbranched alkanes of at least 4 members (excludes halogenated alkanes) is 1. The molecule has 0 radical (unpaired) electrons. The monoisotopic (exact) mass is 384 g/mol.